The maximum Gasteiger partial charge on any atom is 0.407 e. The van der Waals surface area contributed by atoms with E-state index >= 15 is 0 Å². The molecule has 0 radical (unpaired) electrons. The van der Waals surface area contributed by atoms with Gasteiger partial charge in [0.2, 0.25) is 0 Å². The number of hydrogen-bond donors (Lipinski definition) is 3. The van der Waals surface area contributed by atoms with Crippen molar-refractivity contribution >= 4 is 36.7 Å². The fourth-order valence-corrected chi connectivity index (χ4v) is 8.12. The summed E-state index contributed by atoms with van der Waals surface area (Å²) in [6, 6.07) is 7.90. The van der Waals surface area contributed by atoms with Gasteiger partial charge in [0.05, 0.1) is 32.3 Å². The Balaban J connectivity index is 1.51. The third-order valence-corrected chi connectivity index (χ3v) is 11.5. The number of aromatic nitrogens is 4. The first kappa shape index (κ1) is 45.2. The van der Waals surface area contributed by atoms with Crippen LogP contribution in [0.4, 0.5) is 10.2 Å². The van der Waals surface area contributed by atoms with Crippen LogP contribution < -0.4 is 10.8 Å². The van der Waals surface area contributed by atoms with E-state index in [2.05, 4.69) is 33.9 Å². The topological polar surface area (TPSA) is 199 Å². The molecule has 4 rings (SSSR count). The summed E-state index contributed by atoms with van der Waals surface area (Å²) in [5.74, 6) is -1.58. The first-order valence-electron chi connectivity index (χ1n) is 20.0. The number of rotatable bonds is 26. The predicted molar refractivity (Wildman–Crippen MR) is 209 cm³/mol. The van der Waals surface area contributed by atoms with E-state index in [-0.39, 0.29) is 43.0 Å². The molecule has 0 saturated carbocycles. The van der Waals surface area contributed by atoms with Crippen molar-refractivity contribution in [1.82, 2.24) is 24.6 Å². The number of nitrogens with two attached hydrogens (primary N) is 1. The molecule has 3 aromatic rings. The van der Waals surface area contributed by atoms with Crippen molar-refractivity contribution in [3.8, 4) is 0 Å². The Morgan fingerprint density at radius 1 is 1.00 bits per heavy atom. The number of hydrogen-bond acceptors (Lipinski definition) is 13. The number of halogens is 1. The van der Waals surface area contributed by atoms with Crippen molar-refractivity contribution in [1.29, 1.82) is 0 Å². The van der Waals surface area contributed by atoms with Crippen molar-refractivity contribution in [2.45, 2.75) is 148 Å². The van der Waals surface area contributed by atoms with Crippen molar-refractivity contribution in [3.05, 3.63) is 48.3 Å². The van der Waals surface area contributed by atoms with Crippen LogP contribution in [-0.4, -0.2) is 80.2 Å². The Bertz CT molecular complexity index is 1720. The van der Waals surface area contributed by atoms with E-state index in [4.69, 9.17) is 29.0 Å². The highest BCUT2D eigenvalue weighted by molar-refractivity contribution is 7.51. The van der Waals surface area contributed by atoms with E-state index in [1.54, 1.807) is 6.92 Å². The van der Waals surface area contributed by atoms with Crippen LogP contribution in [0.15, 0.2) is 36.7 Å². The third-order valence-electron chi connectivity index (χ3n) is 9.78. The van der Waals surface area contributed by atoms with Gasteiger partial charge in [-0.15, -0.1) is 0 Å². The number of carbonyl (C=O) groups excluding carboxylic acids is 2. The van der Waals surface area contributed by atoms with Gasteiger partial charge in [-0.05, 0) is 38.7 Å². The van der Waals surface area contributed by atoms with Gasteiger partial charge in [-0.2, -0.15) is 14.4 Å². The molecule has 15 nitrogen and oxygen atoms in total. The number of benzene rings is 1. The van der Waals surface area contributed by atoms with Gasteiger partial charge in [-0.3, -0.25) is 18.4 Å². The summed E-state index contributed by atoms with van der Waals surface area (Å²) in [6.45, 7) is 7.04. The molecule has 4 N–H and O–H groups in total. The highest BCUT2D eigenvalue weighted by Crippen LogP contribution is 2.49. The number of anilines is 1. The maximum atomic E-state index is 14.8. The Kier molecular flexibility index (Phi) is 18.1. The summed E-state index contributed by atoms with van der Waals surface area (Å²) < 4.78 is 59.4. The number of aliphatic hydroxyl groups is 1. The normalized spacial score (nSPS) is 20.5. The Morgan fingerprint density at radius 3 is 2.25 bits per heavy atom. The molecule has 1 aliphatic rings. The Morgan fingerprint density at radius 2 is 1.61 bits per heavy atom. The smallest absolute Gasteiger partial charge is 0.407 e. The fraction of sp³-hybridized carbons (Fsp3) is 0.667. The van der Waals surface area contributed by atoms with Gasteiger partial charge in [-0.1, -0.05) is 108 Å². The molecule has 1 aromatic carbocycles. The monoisotopic (exact) mass is 806 g/mol. The van der Waals surface area contributed by atoms with Crippen LogP contribution in [0.2, 0.25) is 0 Å². The summed E-state index contributed by atoms with van der Waals surface area (Å²) in [5, 5.41) is 14.0. The molecule has 2 aromatic heterocycles. The molecule has 1 fully saturated rings. The molecule has 6 atom stereocenters. The van der Waals surface area contributed by atoms with E-state index in [9.17, 15) is 23.7 Å². The molecule has 312 valence electrons. The molecule has 1 unspecified atom stereocenters. The number of esters is 2. The SMILES string of the molecule is CCCCCCCCOC(=O)[C@H](Cc1ccccc1)NP(=O)(OC[C@@]1(C)O[C@@H](n2cnc3c(N)nc(F)nc32)C[C@@H]1O)O[C@@H](C)C(=O)OCCCCCCCC. The number of aliphatic hydroxyl groups excluding tert-OH is 1. The van der Waals surface area contributed by atoms with Crippen molar-refractivity contribution in [3.63, 3.8) is 0 Å². The van der Waals surface area contributed by atoms with Gasteiger partial charge in [-0.25, -0.2) is 19.4 Å². The quantitative estimate of drug-likeness (QED) is 0.0320. The molecule has 17 heteroatoms. The van der Waals surface area contributed by atoms with E-state index in [1.807, 2.05) is 30.3 Å². The lowest BCUT2D eigenvalue weighted by atomic mass is 10.0. The van der Waals surface area contributed by atoms with Crippen molar-refractivity contribution < 1.29 is 46.9 Å². The Hall–Kier alpha value is -3.53. The molecule has 3 heterocycles. The second kappa shape index (κ2) is 22.4. The average Bonchev–Trinajstić information content (AvgIpc) is 3.73. The molecular weight excluding hydrogens is 746 g/mol. The zero-order chi connectivity index (χ0) is 40.6. The predicted octanol–water partition coefficient (Wildman–Crippen LogP) is 7.12. The average molecular weight is 807 g/mol. The van der Waals surface area contributed by atoms with Gasteiger partial charge < -0.3 is 25.1 Å². The summed E-state index contributed by atoms with van der Waals surface area (Å²) in [7, 11) is -4.59. The standard InChI is InChI=1S/C39H60FN6O9P/c1-5-7-9-11-13-18-22-51-36(48)28(3)55-56(50,45-30(24-29-20-16-15-17-21-29)37(49)52-23-19-14-12-10-8-6-2)53-26-39(4)31(47)25-32(54-39)46-27-42-33-34(41)43-38(40)44-35(33)46/h15-17,20-21,27-28,30-32,47H,5-14,18-19,22-26H2,1-4H3,(H,45,50)(H2,41,43,44)/t28-,30-,31-,32+,39+,56?/m0/s1. The summed E-state index contributed by atoms with van der Waals surface area (Å²) in [5.41, 5.74) is 5.29. The first-order valence-corrected chi connectivity index (χ1v) is 21.5. The number of nitrogens with one attached hydrogen (secondary N) is 1. The zero-order valence-electron chi connectivity index (χ0n) is 33.2. The van der Waals surface area contributed by atoms with Crippen LogP contribution in [-0.2, 0) is 43.8 Å². The molecule has 56 heavy (non-hydrogen) atoms. The van der Waals surface area contributed by atoms with E-state index in [0.717, 1.165) is 69.8 Å². The third kappa shape index (κ3) is 13.6. The Labute approximate surface area is 329 Å². The molecule has 1 aliphatic heterocycles. The fourth-order valence-electron chi connectivity index (χ4n) is 6.41. The molecular formula is C39H60FN6O9P. The van der Waals surface area contributed by atoms with Gasteiger partial charge in [0.25, 0.3) is 0 Å². The number of nitrogens with zero attached hydrogens (tertiary/aromatic N) is 4. The van der Waals surface area contributed by atoms with Crippen LogP contribution in [0.5, 0.6) is 0 Å². The van der Waals surface area contributed by atoms with Crippen LogP contribution >= 0.6 is 7.75 Å². The number of nitrogen functional groups attached to an aromatic ring is 1. The summed E-state index contributed by atoms with van der Waals surface area (Å²) >= 11 is 0. The number of imidazole rings is 1. The molecule has 1 saturated heterocycles. The minimum absolute atomic E-state index is 0.00197. The second-order valence-electron chi connectivity index (χ2n) is 14.6. The van der Waals surface area contributed by atoms with Crippen LogP contribution in [0.1, 0.15) is 123 Å². The van der Waals surface area contributed by atoms with Crippen LogP contribution in [0.3, 0.4) is 0 Å². The van der Waals surface area contributed by atoms with Crippen molar-refractivity contribution in [2.75, 3.05) is 25.6 Å². The minimum atomic E-state index is -4.59. The van der Waals surface area contributed by atoms with E-state index in [1.165, 1.54) is 17.8 Å². The number of unbranched alkanes of at least 4 members (excludes halogenated alkanes) is 10. The molecule has 0 aliphatic carbocycles. The number of carbonyl (C=O) groups is 2. The molecule has 0 amide bonds. The molecule has 0 spiro atoms. The maximum absolute atomic E-state index is 14.8. The summed E-state index contributed by atoms with van der Waals surface area (Å²) in [6.07, 6.45) is 8.89. The highest BCUT2D eigenvalue weighted by Gasteiger charge is 2.48. The lowest BCUT2D eigenvalue weighted by molar-refractivity contribution is -0.152. The van der Waals surface area contributed by atoms with Crippen molar-refractivity contribution in [2.24, 2.45) is 0 Å². The van der Waals surface area contributed by atoms with Gasteiger partial charge >= 0.3 is 25.8 Å². The minimum Gasteiger partial charge on any atom is -0.465 e. The summed E-state index contributed by atoms with van der Waals surface area (Å²) in [4.78, 5) is 38.2. The van der Waals surface area contributed by atoms with Crippen LogP contribution in [0, 0.1) is 6.08 Å². The lowest BCUT2D eigenvalue weighted by Crippen LogP contribution is -2.43. The van der Waals surface area contributed by atoms with Gasteiger partial charge in [0.15, 0.2) is 23.1 Å². The lowest BCUT2D eigenvalue weighted by Gasteiger charge is -2.31. The largest absolute Gasteiger partial charge is 0.465 e. The first-order chi connectivity index (χ1) is 26.9. The van der Waals surface area contributed by atoms with E-state index in [0.29, 0.717) is 12.8 Å². The second-order valence-corrected chi connectivity index (χ2v) is 16.3. The van der Waals surface area contributed by atoms with Gasteiger partial charge in [0.1, 0.15) is 17.9 Å². The number of ether oxygens (including phenoxy) is 3. The number of fused-ring (bicyclic) bond motifs is 1. The van der Waals surface area contributed by atoms with Crippen LogP contribution in [0.25, 0.3) is 11.2 Å². The zero-order valence-corrected chi connectivity index (χ0v) is 34.1. The van der Waals surface area contributed by atoms with Gasteiger partial charge in [0, 0.05) is 6.42 Å². The molecule has 0 bridgehead atoms. The van der Waals surface area contributed by atoms with E-state index < -0.39 is 62.4 Å². The highest BCUT2D eigenvalue weighted by atomic mass is 31.2.